The van der Waals surface area contributed by atoms with Crippen molar-refractivity contribution in [1.29, 1.82) is 0 Å². The highest BCUT2D eigenvalue weighted by Gasteiger charge is 2.40. The van der Waals surface area contributed by atoms with Gasteiger partial charge in [0.2, 0.25) is 0 Å². The van der Waals surface area contributed by atoms with Gasteiger partial charge in [-0.15, -0.1) is 0 Å². The van der Waals surface area contributed by atoms with Gasteiger partial charge in [-0.3, -0.25) is 0 Å². The number of aryl methyl sites for hydroxylation is 1. The molecular weight excluding hydrogens is 430 g/mol. The van der Waals surface area contributed by atoms with E-state index in [4.69, 9.17) is 21.1 Å². The summed E-state index contributed by atoms with van der Waals surface area (Å²) in [7, 11) is 0. The average molecular weight is 463 g/mol. The molecule has 0 aromatic heterocycles. The molecule has 1 aliphatic heterocycles. The molecule has 1 heterocycles. The fourth-order valence-corrected chi connectivity index (χ4v) is 5.46. The van der Waals surface area contributed by atoms with Crippen molar-refractivity contribution in [2.45, 2.75) is 76.7 Å². The normalized spacial score (nSPS) is 28.6. The Morgan fingerprint density at radius 1 is 0.969 bits per heavy atom. The van der Waals surface area contributed by atoms with Crippen LogP contribution in [-0.4, -0.2) is 25.2 Å². The number of alkyl halides is 1. The Balaban J connectivity index is 1.34. The molecule has 0 amide bonds. The number of hydrogen-bond donors (Lipinski definition) is 0. The molecule has 4 rings (SSSR count). The van der Waals surface area contributed by atoms with Crippen molar-refractivity contribution in [3.05, 3.63) is 58.4 Å². The van der Waals surface area contributed by atoms with Crippen LogP contribution in [0.25, 0.3) is 11.1 Å². The van der Waals surface area contributed by atoms with Crippen molar-refractivity contribution in [3.8, 4) is 11.1 Å². The third-order valence-corrected chi connectivity index (χ3v) is 7.47. The van der Waals surface area contributed by atoms with E-state index in [1.807, 2.05) is 38.1 Å². The summed E-state index contributed by atoms with van der Waals surface area (Å²) in [6, 6.07) is 12.1. The van der Waals surface area contributed by atoms with Crippen LogP contribution in [0.5, 0.6) is 0 Å². The fourth-order valence-electron chi connectivity index (χ4n) is 5.16. The van der Waals surface area contributed by atoms with Crippen LogP contribution in [-0.2, 0) is 15.9 Å². The van der Waals surface area contributed by atoms with Crippen molar-refractivity contribution in [2.24, 2.45) is 5.92 Å². The van der Waals surface area contributed by atoms with Gasteiger partial charge in [0, 0.05) is 11.5 Å². The number of benzene rings is 2. The zero-order chi connectivity index (χ0) is 22.7. The zero-order valence-corrected chi connectivity index (χ0v) is 19.8. The lowest BCUT2D eigenvalue weighted by atomic mass is 9.78. The standard InChI is InChI=1S/C27H33ClF2O2/c1-3-15-27(30)16-31-26(32-17-27)22-11-7-20(8-12-22)19-5-9-21(10-6-19)23-14-13-18(4-2)25(29)24(23)28/h5-6,9-10,13-14,20,22,26H,3-4,7-8,11-12,15-17H2,1-2H3. The van der Waals surface area contributed by atoms with E-state index in [0.29, 0.717) is 30.2 Å². The second-order valence-corrected chi connectivity index (χ2v) is 9.76. The third-order valence-electron chi connectivity index (χ3n) is 7.10. The lowest BCUT2D eigenvalue weighted by Gasteiger charge is -2.40. The Labute approximate surface area is 195 Å². The first-order valence-electron chi connectivity index (χ1n) is 11.9. The molecule has 32 heavy (non-hydrogen) atoms. The van der Waals surface area contributed by atoms with Gasteiger partial charge in [-0.05, 0) is 61.1 Å². The molecular formula is C27H33ClF2O2. The van der Waals surface area contributed by atoms with Crippen molar-refractivity contribution in [1.82, 2.24) is 0 Å². The van der Waals surface area contributed by atoms with Gasteiger partial charge in [-0.1, -0.05) is 68.3 Å². The largest absolute Gasteiger partial charge is 0.349 e. The minimum absolute atomic E-state index is 0.148. The molecule has 1 saturated carbocycles. The van der Waals surface area contributed by atoms with E-state index in [2.05, 4.69) is 12.1 Å². The van der Waals surface area contributed by atoms with Crippen LogP contribution in [0.4, 0.5) is 8.78 Å². The highest BCUT2D eigenvalue weighted by molar-refractivity contribution is 6.33. The molecule has 2 aromatic carbocycles. The summed E-state index contributed by atoms with van der Waals surface area (Å²) in [5, 5.41) is 0.196. The van der Waals surface area contributed by atoms with Gasteiger partial charge in [-0.25, -0.2) is 8.78 Å². The van der Waals surface area contributed by atoms with E-state index in [1.165, 1.54) is 5.56 Å². The van der Waals surface area contributed by atoms with E-state index in [-0.39, 0.29) is 30.3 Å². The summed E-state index contributed by atoms with van der Waals surface area (Å²) in [4.78, 5) is 0. The minimum Gasteiger partial charge on any atom is -0.349 e. The van der Waals surface area contributed by atoms with Crippen molar-refractivity contribution in [2.75, 3.05) is 13.2 Å². The van der Waals surface area contributed by atoms with Crippen molar-refractivity contribution < 1.29 is 18.3 Å². The molecule has 2 nitrogen and oxygen atoms in total. The SMILES string of the molecule is CCCC1(F)COC(C2CCC(c3ccc(-c4ccc(CC)c(F)c4Cl)cc3)CC2)OC1. The van der Waals surface area contributed by atoms with E-state index in [9.17, 15) is 8.78 Å². The Morgan fingerprint density at radius 3 is 2.22 bits per heavy atom. The Hall–Kier alpha value is -1.49. The predicted octanol–water partition coefficient (Wildman–Crippen LogP) is 7.86. The van der Waals surface area contributed by atoms with Crippen molar-refractivity contribution in [3.63, 3.8) is 0 Å². The van der Waals surface area contributed by atoms with Gasteiger partial charge in [-0.2, -0.15) is 0 Å². The van der Waals surface area contributed by atoms with Crippen LogP contribution in [0.15, 0.2) is 36.4 Å². The molecule has 2 aliphatic rings. The first kappa shape index (κ1) is 23.7. The van der Waals surface area contributed by atoms with Gasteiger partial charge in [0.15, 0.2) is 12.0 Å². The maximum absolute atomic E-state index is 14.6. The summed E-state index contributed by atoms with van der Waals surface area (Å²) in [6.07, 6.45) is 5.78. The highest BCUT2D eigenvalue weighted by Crippen LogP contribution is 2.40. The molecule has 1 aliphatic carbocycles. The van der Waals surface area contributed by atoms with Crippen LogP contribution >= 0.6 is 11.6 Å². The second-order valence-electron chi connectivity index (χ2n) is 9.38. The Morgan fingerprint density at radius 2 is 1.62 bits per heavy atom. The molecule has 1 saturated heterocycles. The van der Waals surface area contributed by atoms with Gasteiger partial charge >= 0.3 is 0 Å². The third kappa shape index (κ3) is 5.03. The quantitative estimate of drug-likeness (QED) is 0.435. The average Bonchev–Trinajstić information content (AvgIpc) is 2.82. The van der Waals surface area contributed by atoms with Crippen LogP contribution in [0.3, 0.4) is 0 Å². The molecule has 174 valence electrons. The van der Waals surface area contributed by atoms with Gasteiger partial charge < -0.3 is 9.47 Å². The summed E-state index contributed by atoms with van der Waals surface area (Å²) < 4.78 is 40.6. The highest BCUT2D eigenvalue weighted by atomic mass is 35.5. The predicted molar refractivity (Wildman–Crippen MR) is 125 cm³/mol. The molecule has 0 radical (unpaired) electrons. The second kappa shape index (κ2) is 10.2. The molecule has 2 fully saturated rings. The Bertz CT molecular complexity index is 899. The molecule has 2 aromatic rings. The topological polar surface area (TPSA) is 18.5 Å². The van der Waals surface area contributed by atoms with Crippen LogP contribution < -0.4 is 0 Å². The monoisotopic (exact) mass is 462 g/mol. The lowest BCUT2D eigenvalue weighted by molar-refractivity contribution is -0.257. The zero-order valence-electron chi connectivity index (χ0n) is 19.0. The first-order chi connectivity index (χ1) is 15.4. The van der Waals surface area contributed by atoms with E-state index >= 15 is 0 Å². The van der Waals surface area contributed by atoms with E-state index in [1.54, 1.807) is 0 Å². The summed E-state index contributed by atoms with van der Waals surface area (Å²) in [6.45, 7) is 4.20. The number of halogens is 3. The van der Waals surface area contributed by atoms with Gasteiger partial charge in [0.1, 0.15) is 5.82 Å². The van der Waals surface area contributed by atoms with Crippen LogP contribution in [0, 0.1) is 11.7 Å². The summed E-state index contributed by atoms with van der Waals surface area (Å²) in [5.41, 5.74) is 2.27. The fraction of sp³-hybridized carbons (Fsp3) is 0.556. The first-order valence-corrected chi connectivity index (χ1v) is 12.3. The van der Waals surface area contributed by atoms with Crippen LogP contribution in [0.1, 0.15) is 69.4 Å². The molecule has 0 spiro atoms. The van der Waals surface area contributed by atoms with E-state index in [0.717, 1.165) is 43.2 Å². The summed E-state index contributed by atoms with van der Waals surface area (Å²) in [5.74, 6) is 0.496. The Kier molecular flexibility index (Phi) is 7.54. The number of rotatable bonds is 6. The van der Waals surface area contributed by atoms with Crippen LogP contribution in [0.2, 0.25) is 5.02 Å². The molecule has 0 bridgehead atoms. The lowest BCUT2D eigenvalue weighted by Crippen LogP contribution is -2.46. The van der Waals surface area contributed by atoms with Gasteiger partial charge in [0.05, 0.1) is 18.2 Å². The number of ether oxygens (including phenoxy) is 2. The van der Waals surface area contributed by atoms with E-state index < -0.39 is 5.67 Å². The molecule has 5 heteroatoms. The minimum atomic E-state index is -1.33. The summed E-state index contributed by atoms with van der Waals surface area (Å²) >= 11 is 6.30. The van der Waals surface area contributed by atoms with Crippen molar-refractivity contribution >= 4 is 11.6 Å². The number of hydrogen-bond acceptors (Lipinski definition) is 2. The molecule has 0 atom stereocenters. The maximum atomic E-state index is 14.6. The molecule has 0 unspecified atom stereocenters. The van der Waals surface area contributed by atoms with Gasteiger partial charge in [0.25, 0.3) is 0 Å². The molecule has 0 N–H and O–H groups in total. The smallest absolute Gasteiger partial charge is 0.160 e. The maximum Gasteiger partial charge on any atom is 0.160 e.